The first-order valence-corrected chi connectivity index (χ1v) is 8.87. The third-order valence-electron chi connectivity index (χ3n) is 3.12. The van der Waals surface area contributed by atoms with Crippen LogP contribution in [-0.4, -0.2) is 29.8 Å². The van der Waals surface area contributed by atoms with E-state index < -0.39 is 11.7 Å². The van der Waals surface area contributed by atoms with E-state index in [4.69, 9.17) is 9.47 Å². The van der Waals surface area contributed by atoms with E-state index in [2.05, 4.69) is 10.3 Å². The second-order valence-electron chi connectivity index (χ2n) is 6.43. The average Bonchev–Trinajstić information content (AvgIpc) is 2.59. The largest absolute Gasteiger partial charge is 0.465 e. The molecule has 0 aliphatic heterocycles. The highest BCUT2D eigenvalue weighted by molar-refractivity contribution is 7.99. The third kappa shape index (κ3) is 6.07. The maximum absolute atomic E-state index is 11.9. The quantitative estimate of drug-likeness (QED) is 0.796. The molecule has 0 radical (unpaired) electrons. The number of aromatic nitrogens is 1. The van der Waals surface area contributed by atoms with Crippen LogP contribution in [0.3, 0.4) is 0 Å². The number of benzene rings is 1. The number of carbonyl (C=O) groups is 2. The van der Waals surface area contributed by atoms with Gasteiger partial charge in [0.1, 0.15) is 5.60 Å². The summed E-state index contributed by atoms with van der Waals surface area (Å²) in [6.07, 6.45) is 1.17. The van der Waals surface area contributed by atoms with E-state index >= 15 is 0 Å². The highest BCUT2D eigenvalue weighted by Crippen LogP contribution is 2.30. The average molecular weight is 374 g/mol. The topological polar surface area (TPSA) is 77.5 Å². The molecule has 7 heteroatoms. The van der Waals surface area contributed by atoms with Gasteiger partial charge in [0.2, 0.25) is 0 Å². The van der Waals surface area contributed by atoms with Crippen molar-refractivity contribution in [3.05, 3.63) is 53.9 Å². The summed E-state index contributed by atoms with van der Waals surface area (Å²) >= 11 is 1.43. The lowest BCUT2D eigenvalue weighted by atomic mass is 10.2. The molecule has 0 aliphatic rings. The summed E-state index contributed by atoms with van der Waals surface area (Å²) in [5.41, 5.74) is 0.647. The Morgan fingerprint density at radius 2 is 1.92 bits per heavy atom. The Kier molecular flexibility index (Phi) is 6.63. The first-order chi connectivity index (χ1) is 12.3. The monoisotopic (exact) mass is 374 g/mol. The summed E-state index contributed by atoms with van der Waals surface area (Å²) in [5.74, 6) is -0.381. The first kappa shape index (κ1) is 19.8. The normalized spacial score (nSPS) is 10.9. The van der Waals surface area contributed by atoms with E-state index in [1.807, 2.05) is 24.3 Å². The number of amides is 1. The van der Waals surface area contributed by atoms with Crippen molar-refractivity contribution in [3.63, 3.8) is 0 Å². The summed E-state index contributed by atoms with van der Waals surface area (Å²) in [5, 5.41) is 2.68. The van der Waals surface area contributed by atoms with Crippen molar-refractivity contribution in [2.24, 2.45) is 0 Å². The second-order valence-corrected chi connectivity index (χ2v) is 7.54. The number of pyridine rings is 1. The maximum Gasteiger partial charge on any atom is 0.407 e. The molecule has 1 heterocycles. The maximum atomic E-state index is 11.9. The van der Waals surface area contributed by atoms with Crippen LogP contribution in [0.5, 0.6) is 0 Å². The van der Waals surface area contributed by atoms with Gasteiger partial charge >= 0.3 is 12.1 Å². The zero-order chi connectivity index (χ0) is 19.2. The van der Waals surface area contributed by atoms with Gasteiger partial charge in [0.25, 0.3) is 0 Å². The molecule has 26 heavy (non-hydrogen) atoms. The van der Waals surface area contributed by atoms with E-state index in [1.54, 1.807) is 39.1 Å². The lowest BCUT2D eigenvalue weighted by molar-refractivity contribution is 0.0521. The minimum absolute atomic E-state index is 0.252. The fraction of sp³-hybridized carbons (Fsp3) is 0.316. The number of hydrogen-bond donors (Lipinski definition) is 1. The van der Waals surface area contributed by atoms with Crippen molar-refractivity contribution < 1.29 is 19.1 Å². The van der Waals surface area contributed by atoms with E-state index in [1.165, 1.54) is 18.9 Å². The van der Waals surface area contributed by atoms with Gasteiger partial charge in [0.15, 0.2) is 0 Å². The van der Waals surface area contributed by atoms with Gasteiger partial charge < -0.3 is 14.8 Å². The van der Waals surface area contributed by atoms with Crippen LogP contribution in [0.25, 0.3) is 0 Å². The Balaban J connectivity index is 2.06. The molecule has 1 amide bonds. The molecule has 1 aromatic heterocycles. The molecule has 0 atom stereocenters. The van der Waals surface area contributed by atoms with Crippen LogP contribution in [0.15, 0.2) is 52.4 Å². The van der Waals surface area contributed by atoms with Gasteiger partial charge in [-0.25, -0.2) is 9.59 Å². The Labute approximate surface area is 157 Å². The predicted molar refractivity (Wildman–Crippen MR) is 99.2 cm³/mol. The van der Waals surface area contributed by atoms with Gasteiger partial charge in [0, 0.05) is 16.0 Å². The molecule has 0 saturated carbocycles. The number of ether oxygens (including phenoxy) is 2. The van der Waals surface area contributed by atoms with Crippen molar-refractivity contribution in [2.45, 2.75) is 42.7 Å². The minimum Gasteiger partial charge on any atom is -0.465 e. The summed E-state index contributed by atoms with van der Waals surface area (Å²) in [6.45, 7) is 5.67. The lowest BCUT2D eigenvalue weighted by Crippen LogP contribution is -2.32. The van der Waals surface area contributed by atoms with Gasteiger partial charge in [-0.3, -0.25) is 4.98 Å². The van der Waals surface area contributed by atoms with E-state index in [0.29, 0.717) is 11.3 Å². The molecule has 0 unspecified atom stereocenters. The Hall–Kier alpha value is -2.54. The number of methoxy groups -OCH3 is 1. The third-order valence-corrected chi connectivity index (χ3v) is 4.19. The van der Waals surface area contributed by atoms with Crippen molar-refractivity contribution in [3.8, 4) is 0 Å². The van der Waals surface area contributed by atoms with Crippen molar-refractivity contribution in [2.75, 3.05) is 7.11 Å². The number of hydrogen-bond acceptors (Lipinski definition) is 6. The molecule has 0 bridgehead atoms. The Morgan fingerprint density at radius 3 is 2.62 bits per heavy atom. The van der Waals surface area contributed by atoms with Gasteiger partial charge in [0.05, 0.1) is 24.9 Å². The standard InChI is InChI=1S/C19H22N2O4S/c1-19(2,3)25-18(23)21-12-13-11-14(9-10-20-13)26-16-8-6-5-7-15(16)17(22)24-4/h5-11H,12H2,1-4H3,(H,21,23). The number of rotatable bonds is 5. The van der Waals surface area contributed by atoms with Crippen LogP contribution in [0.2, 0.25) is 0 Å². The molecule has 0 fully saturated rings. The van der Waals surface area contributed by atoms with E-state index in [-0.39, 0.29) is 12.5 Å². The van der Waals surface area contributed by atoms with Crippen molar-refractivity contribution in [1.29, 1.82) is 0 Å². The van der Waals surface area contributed by atoms with Crippen LogP contribution in [-0.2, 0) is 16.0 Å². The van der Waals surface area contributed by atoms with Crippen LogP contribution in [0.4, 0.5) is 4.79 Å². The first-order valence-electron chi connectivity index (χ1n) is 8.05. The van der Waals surface area contributed by atoms with Gasteiger partial charge in [-0.05, 0) is 45.0 Å². The molecule has 0 aliphatic carbocycles. The summed E-state index contributed by atoms with van der Waals surface area (Å²) in [7, 11) is 1.36. The number of alkyl carbamates (subject to hydrolysis) is 1. The number of carbonyl (C=O) groups excluding carboxylic acids is 2. The predicted octanol–water partition coefficient (Wildman–Crippen LogP) is 4.04. The molecule has 0 saturated heterocycles. The van der Waals surface area contributed by atoms with E-state index in [0.717, 1.165) is 9.79 Å². The number of nitrogens with zero attached hydrogens (tertiary/aromatic N) is 1. The molecule has 6 nitrogen and oxygen atoms in total. The SMILES string of the molecule is COC(=O)c1ccccc1Sc1ccnc(CNC(=O)OC(C)(C)C)c1. The Bertz CT molecular complexity index is 787. The van der Waals surface area contributed by atoms with Gasteiger partial charge in [-0.15, -0.1) is 0 Å². The second kappa shape index (κ2) is 8.71. The molecule has 2 rings (SSSR count). The number of esters is 1. The van der Waals surface area contributed by atoms with E-state index in [9.17, 15) is 9.59 Å². The molecule has 138 valence electrons. The van der Waals surface area contributed by atoms with Crippen LogP contribution in [0, 0.1) is 0 Å². The minimum atomic E-state index is -0.549. The zero-order valence-corrected chi connectivity index (χ0v) is 16.1. The van der Waals surface area contributed by atoms with Gasteiger partial charge in [-0.2, -0.15) is 0 Å². The Morgan fingerprint density at radius 1 is 1.19 bits per heavy atom. The summed E-state index contributed by atoms with van der Waals surface area (Å²) < 4.78 is 10.0. The van der Waals surface area contributed by atoms with Gasteiger partial charge in [-0.1, -0.05) is 23.9 Å². The fourth-order valence-corrected chi connectivity index (χ4v) is 3.04. The lowest BCUT2D eigenvalue weighted by Gasteiger charge is -2.19. The summed E-state index contributed by atoms with van der Waals surface area (Å²) in [6, 6.07) is 10.9. The van der Waals surface area contributed by atoms with Crippen LogP contribution >= 0.6 is 11.8 Å². The van der Waals surface area contributed by atoms with Crippen LogP contribution < -0.4 is 5.32 Å². The number of nitrogens with one attached hydrogen (secondary N) is 1. The highest BCUT2D eigenvalue weighted by atomic mass is 32.2. The molecule has 2 aromatic rings. The molecular formula is C19H22N2O4S. The fourth-order valence-electron chi connectivity index (χ4n) is 2.05. The molecule has 0 spiro atoms. The molecular weight excluding hydrogens is 352 g/mol. The highest BCUT2D eigenvalue weighted by Gasteiger charge is 2.16. The van der Waals surface area contributed by atoms with Crippen molar-refractivity contribution >= 4 is 23.8 Å². The zero-order valence-electron chi connectivity index (χ0n) is 15.2. The van der Waals surface area contributed by atoms with Crippen LogP contribution in [0.1, 0.15) is 36.8 Å². The summed E-state index contributed by atoms with van der Waals surface area (Å²) in [4.78, 5) is 29.6. The molecule has 1 N–H and O–H groups in total. The van der Waals surface area contributed by atoms with Crippen molar-refractivity contribution in [1.82, 2.24) is 10.3 Å². The molecule has 1 aromatic carbocycles. The smallest absolute Gasteiger partial charge is 0.407 e.